The Morgan fingerprint density at radius 3 is 2.30 bits per heavy atom. The lowest BCUT2D eigenvalue weighted by atomic mass is 9.94. The molecule has 0 atom stereocenters. The summed E-state index contributed by atoms with van der Waals surface area (Å²) in [6.07, 6.45) is 0. The minimum atomic E-state index is -0.995. The molecule has 0 aliphatic heterocycles. The van der Waals surface area contributed by atoms with E-state index in [9.17, 15) is 14.4 Å². The first kappa shape index (κ1) is 17.4. The van der Waals surface area contributed by atoms with E-state index in [0.717, 1.165) is 5.56 Å². The van der Waals surface area contributed by atoms with E-state index in [2.05, 4.69) is 9.97 Å². The standard InChI is InChI=1S/C16H14Cl2N2O3/c1-6-5-10(14(17)19-8(6)3)13(21)11-7(2)9(4)20-16(23)12(11)15(18)22/h5H,1-4H3,(H,20,23). The third-order valence-corrected chi connectivity index (χ3v) is 4.28. The van der Waals surface area contributed by atoms with Crippen molar-refractivity contribution in [3.63, 3.8) is 0 Å². The fourth-order valence-electron chi connectivity index (χ4n) is 2.26. The van der Waals surface area contributed by atoms with E-state index in [4.69, 9.17) is 23.2 Å². The van der Waals surface area contributed by atoms with E-state index in [-0.39, 0.29) is 21.8 Å². The Balaban J connectivity index is 2.82. The van der Waals surface area contributed by atoms with Crippen molar-refractivity contribution in [3.05, 3.63) is 60.8 Å². The zero-order chi connectivity index (χ0) is 17.5. The third kappa shape index (κ3) is 3.07. The summed E-state index contributed by atoms with van der Waals surface area (Å²) in [5.74, 6) is -0.554. The van der Waals surface area contributed by atoms with Gasteiger partial charge in [-0.3, -0.25) is 14.4 Å². The fraction of sp³-hybridized carbons (Fsp3) is 0.250. The van der Waals surface area contributed by atoms with E-state index >= 15 is 0 Å². The second-order valence-corrected chi connectivity index (χ2v) is 5.99. The van der Waals surface area contributed by atoms with Gasteiger partial charge in [-0.15, -0.1) is 0 Å². The van der Waals surface area contributed by atoms with Gasteiger partial charge in [-0.25, -0.2) is 4.98 Å². The van der Waals surface area contributed by atoms with Crippen molar-refractivity contribution in [2.24, 2.45) is 0 Å². The van der Waals surface area contributed by atoms with Crippen molar-refractivity contribution in [1.82, 2.24) is 9.97 Å². The van der Waals surface area contributed by atoms with Gasteiger partial charge in [0.05, 0.1) is 5.56 Å². The van der Waals surface area contributed by atoms with Gasteiger partial charge in [0.15, 0.2) is 5.78 Å². The van der Waals surface area contributed by atoms with Crippen LogP contribution in [0.4, 0.5) is 0 Å². The van der Waals surface area contributed by atoms with Gasteiger partial charge in [-0.05, 0) is 56.5 Å². The number of halogens is 2. The number of aromatic nitrogens is 2. The first-order valence-corrected chi connectivity index (χ1v) is 7.52. The summed E-state index contributed by atoms with van der Waals surface area (Å²) in [6, 6.07) is 1.59. The Bertz CT molecular complexity index is 901. The summed E-state index contributed by atoms with van der Waals surface area (Å²) < 4.78 is 0. The number of nitrogens with one attached hydrogen (secondary N) is 1. The minimum Gasteiger partial charge on any atom is -0.326 e. The third-order valence-electron chi connectivity index (χ3n) is 3.80. The number of hydrogen-bond acceptors (Lipinski definition) is 4. The maximum atomic E-state index is 12.9. The summed E-state index contributed by atoms with van der Waals surface area (Å²) in [4.78, 5) is 43.2. The number of rotatable bonds is 3. The largest absolute Gasteiger partial charge is 0.326 e. The SMILES string of the molecule is Cc1cc(C(=O)c2c(C)c(C)[nH]c(=O)c2C(=O)Cl)c(Cl)nc1C. The summed E-state index contributed by atoms with van der Waals surface area (Å²) in [5, 5.41) is -0.978. The van der Waals surface area contributed by atoms with Crippen molar-refractivity contribution in [3.8, 4) is 0 Å². The van der Waals surface area contributed by atoms with Crippen LogP contribution in [0.5, 0.6) is 0 Å². The molecule has 0 saturated carbocycles. The molecule has 0 bridgehead atoms. The fourth-order valence-corrected chi connectivity index (χ4v) is 2.70. The number of hydrogen-bond donors (Lipinski definition) is 1. The number of pyridine rings is 2. The van der Waals surface area contributed by atoms with Gasteiger partial charge >= 0.3 is 0 Å². The molecule has 120 valence electrons. The molecule has 2 rings (SSSR count). The van der Waals surface area contributed by atoms with Crippen LogP contribution in [0.2, 0.25) is 5.15 Å². The first-order chi connectivity index (χ1) is 10.6. The molecule has 2 aromatic heterocycles. The Labute approximate surface area is 142 Å². The number of aryl methyl sites for hydroxylation is 3. The van der Waals surface area contributed by atoms with Gasteiger partial charge < -0.3 is 4.98 Å². The summed E-state index contributed by atoms with van der Waals surface area (Å²) >= 11 is 11.6. The molecule has 2 heterocycles. The van der Waals surface area contributed by atoms with Crippen LogP contribution in [0.15, 0.2) is 10.9 Å². The van der Waals surface area contributed by atoms with Crippen molar-refractivity contribution < 1.29 is 9.59 Å². The highest BCUT2D eigenvalue weighted by atomic mass is 35.5. The van der Waals surface area contributed by atoms with Crippen LogP contribution in [-0.4, -0.2) is 21.0 Å². The summed E-state index contributed by atoms with van der Waals surface area (Å²) in [5.41, 5.74) is 1.41. The molecule has 7 heteroatoms. The molecule has 1 N–H and O–H groups in total. The topological polar surface area (TPSA) is 79.9 Å². The summed E-state index contributed by atoms with van der Waals surface area (Å²) in [6.45, 7) is 6.82. The highest BCUT2D eigenvalue weighted by Crippen LogP contribution is 2.24. The van der Waals surface area contributed by atoms with Gasteiger partial charge in [-0.2, -0.15) is 0 Å². The van der Waals surface area contributed by atoms with E-state index < -0.39 is 16.6 Å². The molecule has 0 aliphatic rings. The van der Waals surface area contributed by atoms with Crippen LogP contribution in [0.3, 0.4) is 0 Å². The van der Waals surface area contributed by atoms with Crippen molar-refractivity contribution in [2.75, 3.05) is 0 Å². The predicted molar refractivity (Wildman–Crippen MR) is 88.9 cm³/mol. The highest BCUT2D eigenvalue weighted by Gasteiger charge is 2.26. The lowest BCUT2D eigenvalue weighted by molar-refractivity contribution is 0.102. The summed E-state index contributed by atoms with van der Waals surface area (Å²) in [7, 11) is 0. The maximum Gasteiger partial charge on any atom is 0.261 e. The first-order valence-electron chi connectivity index (χ1n) is 6.76. The smallest absolute Gasteiger partial charge is 0.261 e. The minimum absolute atomic E-state index is 0.0170. The quantitative estimate of drug-likeness (QED) is 0.522. The molecule has 0 spiro atoms. The molecule has 23 heavy (non-hydrogen) atoms. The second kappa shape index (κ2) is 6.26. The predicted octanol–water partition coefficient (Wildman–Crippen LogP) is 3.27. The van der Waals surface area contributed by atoms with Crippen LogP contribution in [0.1, 0.15) is 48.8 Å². The molecule has 0 aliphatic carbocycles. The molecule has 0 radical (unpaired) electrons. The number of H-pyrrole nitrogens is 1. The molecule has 0 saturated heterocycles. The average Bonchev–Trinajstić information content (AvgIpc) is 2.45. The van der Waals surface area contributed by atoms with Crippen LogP contribution in [0.25, 0.3) is 0 Å². The molecular formula is C16H14Cl2N2O3. The van der Waals surface area contributed by atoms with E-state index in [1.165, 1.54) is 0 Å². The highest BCUT2D eigenvalue weighted by molar-refractivity contribution is 6.68. The van der Waals surface area contributed by atoms with Crippen LogP contribution in [0, 0.1) is 27.7 Å². The number of aromatic amines is 1. The Morgan fingerprint density at radius 2 is 1.74 bits per heavy atom. The van der Waals surface area contributed by atoms with Gasteiger partial charge in [0, 0.05) is 17.0 Å². The average molecular weight is 353 g/mol. The zero-order valence-corrected chi connectivity index (χ0v) is 14.5. The van der Waals surface area contributed by atoms with Crippen molar-refractivity contribution in [1.29, 1.82) is 0 Å². The molecule has 0 unspecified atom stereocenters. The van der Waals surface area contributed by atoms with Crippen LogP contribution < -0.4 is 5.56 Å². The maximum absolute atomic E-state index is 12.9. The second-order valence-electron chi connectivity index (χ2n) is 5.29. The molecular weight excluding hydrogens is 339 g/mol. The van der Waals surface area contributed by atoms with E-state index in [1.54, 1.807) is 33.8 Å². The number of carbonyl (C=O) groups excluding carboxylic acids is 2. The molecule has 0 fully saturated rings. The number of ketones is 1. The number of nitrogens with zero attached hydrogens (tertiary/aromatic N) is 1. The lowest BCUT2D eigenvalue weighted by Gasteiger charge is -2.12. The van der Waals surface area contributed by atoms with Gasteiger partial charge in [0.25, 0.3) is 10.8 Å². The molecule has 0 aromatic carbocycles. The lowest BCUT2D eigenvalue weighted by Crippen LogP contribution is -2.24. The molecule has 2 aromatic rings. The zero-order valence-electron chi connectivity index (χ0n) is 13.0. The van der Waals surface area contributed by atoms with Gasteiger partial charge in [0.2, 0.25) is 0 Å². The van der Waals surface area contributed by atoms with Crippen molar-refractivity contribution >= 4 is 34.2 Å². The van der Waals surface area contributed by atoms with Gasteiger partial charge in [0.1, 0.15) is 10.7 Å². The Kier molecular flexibility index (Phi) is 4.73. The monoisotopic (exact) mass is 352 g/mol. The van der Waals surface area contributed by atoms with Crippen molar-refractivity contribution in [2.45, 2.75) is 27.7 Å². The van der Waals surface area contributed by atoms with Crippen LogP contribution >= 0.6 is 23.2 Å². The van der Waals surface area contributed by atoms with Gasteiger partial charge in [-0.1, -0.05) is 11.6 Å². The number of carbonyl (C=O) groups is 2. The molecule has 5 nitrogen and oxygen atoms in total. The Hall–Kier alpha value is -1.98. The molecule has 0 amide bonds. The van der Waals surface area contributed by atoms with E-state index in [0.29, 0.717) is 17.0 Å². The normalized spacial score (nSPS) is 10.7. The Morgan fingerprint density at radius 1 is 1.13 bits per heavy atom. The van der Waals surface area contributed by atoms with E-state index in [1.807, 2.05) is 0 Å². The van der Waals surface area contributed by atoms with Crippen LogP contribution in [-0.2, 0) is 0 Å².